The predicted octanol–water partition coefficient (Wildman–Crippen LogP) is 2.56. The number of esters is 2. The predicted molar refractivity (Wildman–Crippen MR) is 187 cm³/mol. The molecule has 288 valence electrons. The molecule has 50 heavy (non-hydrogen) atoms. The first-order valence-corrected chi connectivity index (χ1v) is 18.6. The Morgan fingerprint density at radius 2 is 0.960 bits per heavy atom. The molecule has 6 N–H and O–H groups in total. The van der Waals surface area contributed by atoms with Gasteiger partial charge in [0.2, 0.25) is 23.6 Å². The summed E-state index contributed by atoms with van der Waals surface area (Å²) in [6.07, 6.45) is 5.52. The molecular formula is C36H64N4O10. The zero-order chi connectivity index (χ0) is 37.6. The lowest BCUT2D eigenvalue weighted by atomic mass is 10.0. The van der Waals surface area contributed by atoms with Crippen molar-refractivity contribution in [1.29, 1.82) is 0 Å². The van der Waals surface area contributed by atoms with Crippen molar-refractivity contribution in [3.8, 4) is 0 Å². The van der Waals surface area contributed by atoms with Gasteiger partial charge in [-0.2, -0.15) is 0 Å². The Labute approximate surface area is 297 Å². The van der Waals surface area contributed by atoms with Crippen LogP contribution in [0.1, 0.15) is 131 Å². The van der Waals surface area contributed by atoms with Crippen molar-refractivity contribution >= 4 is 35.6 Å². The highest BCUT2D eigenvalue weighted by Gasteiger charge is 2.33. The van der Waals surface area contributed by atoms with Crippen LogP contribution in [0.3, 0.4) is 0 Å². The Kier molecular flexibility index (Phi) is 22.2. The van der Waals surface area contributed by atoms with E-state index in [1.165, 1.54) is 0 Å². The number of rotatable bonds is 16. The number of hydrogen-bond donors (Lipinski definition) is 6. The van der Waals surface area contributed by atoms with Crippen LogP contribution < -0.4 is 21.3 Å². The summed E-state index contributed by atoms with van der Waals surface area (Å²) < 4.78 is 11.5. The second-order valence-electron chi connectivity index (χ2n) is 14.2. The highest BCUT2D eigenvalue weighted by Crippen LogP contribution is 2.17. The van der Waals surface area contributed by atoms with Crippen LogP contribution in [0.2, 0.25) is 0 Å². The molecule has 6 atom stereocenters. The first-order chi connectivity index (χ1) is 23.7. The van der Waals surface area contributed by atoms with Crippen LogP contribution >= 0.6 is 0 Å². The molecule has 1 aliphatic heterocycles. The van der Waals surface area contributed by atoms with Gasteiger partial charge in [-0.05, 0) is 50.4 Å². The number of aliphatic hydroxyl groups is 2. The topological polar surface area (TPSA) is 209 Å². The van der Waals surface area contributed by atoms with Gasteiger partial charge < -0.3 is 41.0 Å². The summed E-state index contributed by atoms with van der Waals surface area (Å²) >= 11 is 0. The Morgan fingerprint density at radius 3 is 1.46 bits per heavy atom. The second-order valence-corrected chi connectivity index (χ2v) is 14.2. The third kappa shape index (κ3) is 18.1. The molecule has 14 nitrogen and oxygen atoms in total. The number of carbonyl (C=O) groups is 6. The SMILES string of the molecule is CCCCCCCC1CC(=O)NC(CO)C(=O)NC(CC(C)C)C(=O)OC(CCCCC)CC(=O)NC(CC(C)C)C(=O)NC(CO)C(=O)O1. The number of cyclic esters (lactones) is 2. The number of carbonyl (C=O) groups excluding carboxylic acids is 6. The molecule has 1 rings (SSSR count). The van der Waals surface area contributed by atoms with Gasteiger partial charge in [-0.3, -0.25) is 19.2 Å². The summed E-state index contributed by atoms with van der Waals surface area (Å²) in [5.74, 6) is -4.51. The van der Waals surface area contributed by atoms with E-state index in [4.69, 9.17) is 9.47 Å². The molecular weight excluding hydrogens is 648 g/mol. The summed E-state index contributed by atoms with van der Waals surface area (Å²) in [4.78, 5) is 79.9. The van der Waals surface area contributed by atoms with Gasteiger partial charge in [-0.15, -0.1) is 0 Å². The Morgan fingerprint density at radius 1 is 0.560 bits per heavy atom. The largest absolute Gasteiger partial charge is 0.460 e. The van der Waals surface area contributed by atoms with Crippen molar-refractivity contribution in [2.75, 3.05) is 13.2 Å². The minimum Gasteiger partial charge on any atom is -0.460 e. The summed E-state index contributed by atoms with van der Waals surface area (Å²) in [7, 11) is 0. The fourth-order valence-electron chi connectivity index (χ4n) is 5.72. The molecule has 1 fully saturated rings. The Balaban J connectivity index is 3.50. The lowest BCUT2D eigenvalue weighted by Gasteiger charge is -2.27. The quantitative estimate of drug-likeness (QED) is 0.102. The van der Waals surface area contributed by atoms with Crippen LogP contribution in [0.25, 0.3) is 0 Å². The molecule has 4 amide bonds. The van der Waals surface area contributed by atoms with E-state index in [0.717, 1.165) is 38.5 Å². The van der Waals surface area contributed by atoms with E-state index in [-0.39, 0.29) is 37.5 Å². The van der Waals surface area contributed by atoms with Gasteiger partial charge in [0.25, 0.3) is 0 Å². The number of nitrogens with one attached hydrogen (secondary N) is 4. The van der Waals surface area contributed by atoms with E-state index in [9.17, 15) is 39.0 Å². The van der Waals surface area contributed by atoms with Gasteiger partial charge in [0.1, 0.15) is 30.3 Å². The van der Waals surface area contributed by atoms with Crippen LogP contribution in [-0.4, -0.2) is 95.4 Å². The average molecular weight is 713 g/mol. The van der Waals surface area contributed by atoms with Gasteiger partial charge in [0.15, 0.2) is 6.04 Å². The van der Waals surface area contributed by atoms with Crippen molar-refractivity contribution in [2.24, 2.45) is 11.8 Å². The van der Waals surface area contributed by atoms with Crippen molar-refractivity contribution in [2.45, 2.75) is 168 Å². The second kappa shape index (κ2) is 24.8. The van der Waals surface area contributed by atoms with Gasteiger partial charge in [-0.25, -0.2) is 9.59 Å². The number of aliphatic hydroxyl groups excluding tert-OH is 2. The van der Waals surface area contributed by atoms with Crippen LogP contribution in [0.4, 0.5) is 0 Å². The van der Waals surface area contributed by atoms with Crippen molar-refractivity contribution in [3.05, 3.63) is 0 Å². The van der Waals surface area contributed by atoms with E-state index in [2.05, 4.69) is 28.2 Å². The minimum absolute atomic E-state index is 0.0342. The van der Waals surface area contributed by atoms with Gasteiger partial charge in [-0.1, -0.05) is 80.1 Å². The molecule has 0 aliphatic carbocycles. The van der Waals surface area contributed by atoms with E-state index in [0.29, 0.717) is 25.7 Å². The minimum atomic E-state index is -1.47. The van der Waals surface area contributed by atoms with Crippen LogP contribution in [0.5, 0.6) is 0 Å². The molecule has 14 heteroatoms. The molecule has 0 aromatic carbocycles. The maximum absolute atomic E-state index is 13.5. The molecule has 0 radical (unpaired) electrons. The standard InChI is InChI=1S/C36H64N4O10/c1-7-9-11-12-14-16-26-20-32(44)38-29(21-41)34(46)39-28(18-24(5)6)35(47)49-25(15-13-10-8-2)19-31(43)37-27(17-23(3)4)33(45)40-30(22-42)36(48)50-26/h23-30,41-42H,7-22H2,1-6H3,(H,37,43)(H,38,44)(H,39,46)(H,40,45). The zero-order valence-electron chi connectivity index (χ0n) is 31.1. The molecule has 0 saturated carbocycles. The van der Waals surface area contributed by atoms with E-state index < -0.39 is 85.2 Å². The fraction of sp³-hybridized carbons (Fsp3) is 0.833. The zero-order valence-corrected chi connectivity index (χ0v) is 31.1. The molecule has 0 aromatic heterocycles. The molecule has 1 aliphatic rings. The summed E-state index contributed by atoms with van der Waals surface area (Å²) in [6, 6.07) is -5.07. The smallest absolute Gasteiger partial charge is 0.331 e. The van der Waals surface area contributed by atoms with Gasteiger partial charge in [0, 0.05) is 0 Å². The van der Waals surface area contributed by atoms with Gasteiger partial charge in [0.05, 0.1) is 26.1 Å². The normalized spacial score (nSPS) is 25.3. The van der Waals surface area contributed by atoms with Gasteiger partial charge >= 0.3 is 11.9 Å². The third-order valence-corrected chi connectivity index (χ3v) is 8.44. The van der Waals surface area contributed by atoms with Crippen LogP contribution in [-0.2, 0) is 38.2 Å². The van der Waals surface area contributed by atoms with Crippen LogP contribution in [0.15, 0.2) is 0 Å². The fourth-order valence-corrected chi connectivity index (χ4v) is 5.72. The highest BCUT2D eigenvalue weighted by atomic mass is 16.6. The molecule has 0 spiro atoms. The molecule has 0 bridgehead atoms. The molecule has 0 aromatic rings. The highest BCUT2D eigenvalue weighted by molar-refractivity contribution is 5.92. The molecule has 1 saturated heterocycles. The summed E-state index contributed by atoms with van der Waals surface area (Å²) in [6.45, 7) is 9.98. The maximum Gasteiger partial charge on any atom is 0.331 e. The monoisotopic (exact) mass is 712 g/mol. The first-order valence-electron chi connectivity index (χ1n) is 18.6. The number of hydrogen-bond acceptors (Lipinski definition) is 10. The van der Waals surface area contributed by atoms with E-state index in [1.807, 2.05) is 34.6 Å². The average Bonchev–Trinajstić information content (AvgIpc) is 3.04. The van der Waals surface area contributed by atoms with E-state index in [1.54, 1.807) is 0 Å². The Hall–Kier alpha value is -3.26. The maximum atomic E-state index is 13.5. The lowest BCUT2D eigenvalue weighted by molar-refractivity contribution is -0.156. The van der Waals surface area contributed by atoms with Crippen molar-refractivity contribution < 1.29 is 48.5 Å². The summed E-state index contributed by atoms with van der Waals surface area (Å²) in [5.41, 5.74) is 0. The summed E-state index contributed by atoms with van der Waals surface area (Å²) in [5, 5.41) is 30.4. The first kappa shape index (κ1) is 44.8. The lowest BCUT2D eigenvalue weighted by Crippen LogP contribution is -2.55. The number of unbranched alkanes of at least 4 members (excludes halogenated alkanes) is 6. The van der Waals surface area contributed by atoms with E-state index >= 15 is 0 Å². The molecule has 6 unspecified atom stereocenters. The van der Waals surface area contributed by atoms with Crippen molar-refractivity contribution in [1.82, 2.24) is 21.3 Å². The third-order valence-electron chi connectivity index (χ3n) is 8.44. The number of ether oxygens (including phenoxy) is 2. The molecule has 1 heterocycles. The Bertz CT molecular complexity index is 1070. The van der Waals surface area contributed by atoms with Crippen molar-refractivity contribution in [3.63, 3.8) is 0 Å². The van der Waals surface area contributed by atoms with Crippen LogP contribution in [0, 0.1) is 11.8 Å². The number of amides is 4.